The molecule has 0 saturated carbocycles. The Morgan fingerprint density at radius 1 is 0.655 bits per heavy atom. The first-order valence-corrected chi connectivity index (χ1v) is 50.5. The highest BCUT2D eigenvalue weighted by atomic mass is 79.9. The number of esters is 2. The van der Waals surface area contributed by atoms with Gasteiger partial charge in [-0.3, -0.25) is 39.3 Å². The Kier molecular flexibility index (Phi) is 43.4. The Bertz CT molecular complexity index is 7220. The summed E-state index contributed by atoms with van der Waals surface area (Å²) in [6, 6.07) is 77.3. The smallest absolute Gasteiger partial charge is 0.433 e. The lowest BCUT2D eigenvalue weighted by Crippen LogP contribution is -2.28. The van der Waals surface area contributed by atoms with Crippen LogP contribution in [0.15, 0.2) is 282 Å². The summed E-state index contributed by atoms with van der Waals surface area (Å²) < 4.78 is 65.0. The third-order valence-corrected chi connectivity index (χ3v) is 28.6. The van der Waals surface area contributed by atoms with Crippen molar-refractivity contribution in [3.63, 3.8) is 0 Å². The summed E-state index contributed by atoms with van der Waals surface area (Å²) in [4.78, 5) is 84.7. The highest BCUT2D eigenvalue weighted by Crippen LogP contribution is 2.42. The van der Waals surface area contributed by atoms with Crippen LogP contribution in [0.3, 0.4) is 0 Å². The number of fused-ring (bicyclic) bond motifs is 7. The number of pyridine rings is 3. The first kappa shape index (κ1) is 114. The molecule has 0 aliphatic carbocycles. The summed E-state index contributed by atoms with van der Waals surface area (Å²) in [5.41, 5.74) is 21.5. The number of para-hydroxylation sites is 1. The van der Waals surface area contributed by atoms with E-state index >= 15 is 0 Å². The summed E-state index contributed by atoms with van der Waals surface area (Å²) in [6.07, 6.45) is 8.71. The van der Waals surface area contributed by atoms with Crippen molar-refractivity contribution in [1.82, 2.24) is 34.4 Å². The van der Waals surface area contributed by atoms with Gasteiger partial charge in [0.05, 0.1) is 58.5 Å². The van der Waals surface area contributed by atoms with Crippen molar-refractivity contribution in [3.05, 3.63) is 371 Å². The number of alkyl halides is 3. The minimum atomic E-state index is -4.44. The fourth-order valence-electron chi connectivity index (χ4n) is 15.6. The van der Waals surface area contributed by atoms with E-state index in [1.807, 2.05) is 221 Å². The summed E-state index contributed by atoms with van der Waals surface area (Å²) in [7, 11) is 11.6. The molecule has 2 amide bonds. The molecule has 10 aromatic carbocycles. The number of benzene rings is 10. The summed E-state index contributed by atoms with van der Waals surface area (Å²) >= 11 is 24.3. The quantitative estimate of drug-likeness (QED) is 0.0184. The molecule has 16 aromatic rings. The van der Waals surface area contributed by atoms with Crippen molar-refractivity contribution in [1.29, 1.82) is 5.26 Å². The van der Waals surface area contributed by atoms with Gasteiger partial charge < -0.3 is 33.5 Å². The van der Waals surface area contributed by atoms with E-state index in [0.717, 1.165) is 112 Å². The van der Waals surface area contributed by atoms with E-state index in [0.29, 0.717) is 79.3 Å². The third-order valence-electron chi connectivity index (χ3n) is 23.4. The van der Waals surface area contributed by atoms with E-state index in [4.69, 9.17) is 49.3 Å². The van der Waals surface area contributed by atoms with Crippen molar-refractivity contribution in [3.8, 4) is 17.3 Å². The van der Waals surface area contributed by atoms with Crippen LogP contribution in [0, 0.1) is 64.6 Å². The van der Waals surface area contributed by atoms with Crippen molar-refractivity contribution < 1.29 is 51.0 Å². The molecule has 33 heteroatoms. The number of thiophene rings is 1. The molecule has 0 spiro atoms. The Hall–Kier alpha value is -12.7. The van der Waals surface area contributed by atoms with Crippen LogP contribution in [-0.2, 0) is 66.3 Å². The monoisotopic (exact) mass is 2220 g/mol. The lowest BCUT2D eigenvalue weighted by molar-refractivity contribution is -0.146. The zero-order chi connectivity index (χ0) is 103. The Labute approximate surface area is 894 Å². The number of hydrogen-bond donors (Lipinski definition) is 1. The average molecular weight is 2220 g/mol. The number of imidazole rings is 1. The molecule has 1 N–H and O–H groups in total. The molecule has 0 bridgehead atoms. The van der Waals surface area contributed by atoms with Crippen molar-refractivity contribution >= 4 is 217 Å². The molecule has 18 rings (SSSR count). The van der Waals surface area contributed by atoms with Gasteiger partial charge in [0.25, 0.3) is 5.91 Å². The van der Waals surface area contributed by atoms with Gasteiger partial charge in [0.1, 0.15) is 46.2 Å². The molecular weight excluding hydrogens is 2110 g/mol. The van der Waals surface area contributed by atoms with E-state index in [1.54, 1.807) is 51.1 Å². The number of aliphatic imine (C=N–C) groups is 1. The van der Waals surface area contributed by atoms with Crippen LogP contribution < -0.4 is 20.0 Å². The van der Waals surface area contributed by atoms with E-state index in [1.165, 1.54) is 114 Å². The fraction of sp³-hybridized carbons (Fsp3) is 0.232. The topological polar surface area (TPSA) is 234 Å². The number of ether oxygens (including phenoxy) is 2. The van der Waals surface area contributed by atoms with Crippen LogP contribution in [0.2, 0.25) is 15.1 Å². The third kappa shape index (κ3) is 31.7. The van der Waals surface area contributed by atoms with Crippen molar-refractivity contribution in [2.45, 2.75) is 108 Å². The number of anilines is 4. The van der Waals surface area contributed by atoms with Gasteiger partial charge in [0, 0.05) is 139 Å². The van der Waals surface area contributed by atoms with E-state index in [-0.39, 0.29) is 69.9 Å². The Balaban J connectivity index is 0.000000178. The summed E-state index contributed by atoms with van der Waals surface area (Å²) in [5, 5.41) is 25.0. The van der Waals surface area contributed by atoms with Crippen molar-refractivity contribution in [2.24, 2.45) is 10.9 Å². The van der Waals surface area contributed by atoms with E-state index < -0.39 is 23.8 Å². The SMILES string of the molecule is Br.Br.CCOC(=O)C(C#N)Cc1c(C)c(C)c(C)c(C)c1C.CN(C)C=O.CN(C)c1cccc(N(C)C)c1CCC(=O)Cc1ccccc1.Cc1cccn2cc(-c3ccccc3Cl)nc12.Fc1ccc(C2CN3C(=N2)C=Cc2ccccc23)cc1.O=C(Cc1ccccc1)OCCSCc1ccc2nc(C(F)(F)F)ccc2c1.O=C(Nc1nnc(Sc2ccnc3cc(Cl)ccc23)s1)c1sc2ccccc2c1Cl. The number of hydrogen-bond acceptors (Lipinski definition) is 21. The number of halogens is 9. The number of aromatic nitrogens is 6. The molecule has 0 fully saturated rings. The molecule has 2 atom stereocenters. The second-order valence-corrected chi connectivity index (χ2v) is 39.6. The number of rotatable bonds is 25. The second kappa shape index (κ2) is 55.0. The van der Waals surface area contributed by atoms with Gasteiger partial charge >= 0.3 is 18.1 Å². The Morgan fingerprint density at radius 3 is 1.95 bits per heavy atom. The molecule has 8 heterocycles. The number of amides is 2. The van der Waals surface area contributed by atoms with Gasteiger partial charge in [-0.15, -0.1) is 55.5 Å². The molecule has 2 unspecified atom stereocenters. The Morgan fingerprint density at radius 2 is 1.30 bits per heavy atom. The maximum atomic E-state index is 13.0. The standard InChI is InChI=1S/C21H18F3NO2S.C20H10Cl2N4OS3.C20H26N2O.C17H13FN2.C17H23NO2.C14H11ClN2.C3H7NO.2BrH/c22-21(23,24)19-9-7-17-12-16(6-8-18(17)25-19)14-28-11-10-27-20(26)13-15-4-2-1-3-5-15;21-10-5-6-11-13(9-10)23-8-7-15(11)29-20-26-25-19(30-20)24-18(27)17-16(22)12-3-1-2-4-14(12)28-17;1-21(2)19-11-8-12-20(22(3)4)18(19)14-13-17(23)15-16-9-6-5-7-10-16;18-14-8-5-12(6-9-14)15-11-20-16-4-2-1-3-13(16)7-10-17(20)19-15;1-7-20-17(19)15(9-18)8-16-13(5)11(3)10(2)12(4)14(16)6;1-10-5-4-8-17-9-13(16-14(10)17)11-6-2-3-7-12(11)15;1-4(2)3-5;;/h1-9,12H,10-11,13-14H2;1-9H,(H,24,25,27);5-12H,13-15H2,1-4H3;1-10,15H,11H2;15H,7-8H2,1-6H3;2-9H,1H3;3H,1-2H3;2*1H. The van der Waals surface area contributed by atoms with Crippen molar-refractivity contribution in [2.75, 3.05) is 87.8 Å². The fourth-order valence-corrected chi connectivity index (χ4v) is 20.0. The molecule has 6 aromatic heterocycles. The van der Waals surface area contributed by atoms with Gasteiger partial charge in [-0.25, -0.2) is 14.4 Å². The number of carbonyl (C=O) groups excluding carboxylic acids is 5. The zero-order valence-corrected chi connectivity index (χ0v) is 91.1. The van der Waals surface area contributed by atoms with Crippen LogP contribution in [0.5, 0.6) is 0 Å². The minimum Gasteiger partial charge on any atom is -0.465 e. The maximum Gasteiger partial charge on any atom is 0.433 e. The predicted octanol–water partition coefficient (Wildman–Crippen LogP) is 28.0. The zero-order valence-electron chi connectivity index (χ0n) is 82.1. The van der Waals surface area contributed by atoms with E-state index in [2.05, 4.69) is 135 Å². The number of nitrogens with one attached hydrogen (secondary N) is 1. The number of nitriles is 1. The molecule has 0 saturated heterocycles. The molecule has 2 aliphatic rings. The summed E-state index contributed by atoms with van der Waals surface area (Å²) in [6.45, 7) is 15.7. The number of carbonyl (C=O) groups is 5. The lowest BCUT2D eigenvalue weighted by Gasteiger charge is -2.24. The number of nitrogens with zero attached hydrogens (tertiary/aromatic N) is 12. The molecule has 752 valence electrons. The highest BCUT2D eigenvalue weighted by molar-refractivity contribution is 8.93. The summed E-state index contributed by atoms with van der Waals surface area (Å²) in [5.74, 6) is 0.673. The van der Waals surface area contributed by atoms with Crippen LogP contribution in [0.25, 0.3) is 54.9 Å². The minimum absolute atomic E-state index is 0. The lowest BCUT2D eigenvalue weighted by atomic mass is 9.85. The number of Topliss-reactive ketones (excluding diaryl/α,β-unsaturated/α-hetero) is 1. The van der Waals surface area contributed by atoms with Gasteiger partial charge in [-0.05, 0) is 231 Å². The van der Waals surface area contributed by atoms with Crippen LogP contribution in [-0.4, -0.2) is 138 Å². The highest BCUT2D eigenvalue weighted by Gasteiger charge is 2.33. The number of amidine groups is 1. The van der Waals surface area contributed by atoms with Gasteiger partial charge in [-0.1, -0.05) is 216 Å². The molecule has 145 heavy (non-hydrogen) atoms. The van der Waals surface area contributed by atoms with Gasteiger partial charge in [0.15, 0.2) is 4.34 Å². The number of thioether (sulfide) groups is 1. The number of aryl methyl sites for hydroxylation is 1. The van der Waals surface area contributed by atoms with Crippen LogP contribution in [0.1, 0.15) is 107 Å². The molecule has 0 radical (unpaired) electrons. The second-order valence-electron chi connectivity index (χ2n) is 34.0. The molecule has 2 aliphatic heterocycles. The van der Waals surface area contributed by atoms with Gasteiger partial charge in [0.2, 0.25) is 11.5 Å². The largest absolute Gasteiger partial charge is 0.465 e. The normalized spacial score (nSPS) is 12.1. The van der Waals surface area contributed by atoms with Crippen LogP contribution >= 0.6 is 115 Å². The molecule has 20 nitrogen and oxygen atoms in total. The van der Waals surface area contributed by atoms with Gasteiger partial charge in [-0.2, -0.15) is 30.2 Å². The molecular formula is C112H110Br2Cl3F4N13O7S4. The first-order chi connectivity index (χ1) is 68.7. The predicted molar refractivity (Wildman–Crippen MR) is 598 cm³/mol. The number of ketones is 1. The maximum absolute atomic E-state index is 13.0. The van der Waals surface area contributed by atoms with E-state index in [9.17, 15) is 46.8 Å². The average Bonchev–Trinajstić information content (AvgIpc) is 1.79. The first-order valence-electron chi connectivity index (χ1n) is 45.8. The van der Waals surface area contributed by atoms with Crippen LogP contribution in [0.4, 0.5) is 39.8 Å².